The van der Waals surface area contributed by atoms with Crippen molar-refractivity contribution in [2.75, 3.05) is 16.4 Å². The Balaban J connectivity index is 2.98. The van der Waals surface area contributed by atoms with E-state index in [-0.39, 0.29) is 17.2 Å². The van der Waals surface area contributed by atoms with Gasteiger partial charge < -0.3 is 16.4 Å². The fraction of sp³-hybridized carbons (Fsp3) is 0.556. The van der Waals surface area contributed by atoms with Gasteiger partial charge in [-0.25, -0.2) is 0 Å². The summed E-state index contributed by atoms with van der Waals surface area (Å²) in [7, 11) is 0. The lowest BCUT2D eigenvalue weighted by atomic mass is 9.89. The number of carbonyl (C=O) groups is 2. The van der Waals surface area contributed by atoms with Crippen LogP contribution in [0.1, 0.15) is 54.4 Å². The lowest BCUT2D eigenvalue weighted by Crippen LogP contribution is -2.30. The van der Waals surface area contributed by atoms with E-state index >= 15 is 0 Å². The van der Waals surface area contributed by atoms with E-state index in [1.165, 1.54) is 0 Å². The molecule has 0 heterocycles. The third kappa shape index (κ3) is 5.93. The van der Waals surface area contributed by atoms with Gasteiger partial charge in [-0.1, -0.05) is 41.5 Å². The van der Waals surface area contributed by atoms with Crippen molar-refractivity contribution in [3.8, 4) is 0 Å². The maximum atomic E-state index is 12.4. The van der Waals surface area contributed by atoms with E-state index in [1.807, 2.05) is 41.5 Å². The van der Waals surface area contributed by atoms with Crippen LogP contribution in [0.2, 0.25) is 0 Å². The normalized spacial score (nSPS) is 11.9. The number of nitrogens with one attached hydrogen (secondary N) is 2. The van der Waals surface area contributed by atoms with Crippen LogP contribution in [0, 0.1) is 10.8 Å². The fourth-order valence-corrected chi connectivity index (χ4v) is 1.90. The molecule has 0 aromatic heterocycles. The lowest BCUT2D eigenvalue weighted by molar-refractivity contribution is -0.124. The molecule has 1 aromatic rings. The molecule has 5 heteroatoms. The Labute approximate surface area is 139 Å². The van der Waals surface area contributed by atoms with Crippen molar-refractivity contribution in [1.29, 1.82) is 0 Å². The Kier molecular flexibility index (Phi) is 5.81. The SMILES string of the molecule is CCC(C)(C)C(=O)Nc1cc(N)ccc1NC(=O)CC(C)(C)C. The van der Waals surface area contributed by atoms with Crippen molar-refractivity contribution in [3.63, 3.8) is 0 Å². The smallest absolute Gasteiger partial charge is 0.230 e. The summed E-state index contributed by atoms with van der Waals surface area (Å²) in [4.78, 5) is 24.5. The molecule has 23 heavy (non-hydrogen) atoms. The number of rotatable bonds is 5. The monoisotopic (exact) mass is 319 g/mol. The number of benzene rings is 1. The van der Waals surface area contributed by atoms with Gasteiger partial charge in [-0.2, -0.15) is 0 Å². The quantitative estimate of drug-likeness (QED) is 0.717. The molecule has 0 saturated heterocycles. The predicted octanol–water partition coefficient (Wildman–Crippen LogP) is 4.02. The Hall–Kier alpha value is -2.04. The van der Waals surface area contributed by atoms with Gasteiger partial charge in [0.05, 0.1) is 11.4 Å². The molecule has 0 radical (unpaired) electrons. The topological polar surface area (TPSA) is 84.2 Å². The third-order valence-electron chi connectivity index (χ3n) is 3.76. The van der Waals surface area contributed by atoms with E-state index in [4.69, 9.17) is 5.73 Å². The van der Waals surface area contributed by atoms with Gasteiger partial charge in [0.25, 0.3) is 0 Å². The first-order chi connectivity index (χ1) is 10.4. The van der Waals surface area contributed by atoms with Crippen molar-refractivity contribution in [3.05, 3.63) is 18.2 Å². The Morgan fingerprint density at radius 1 is 1.04 bits per heavy atom. The molecule has 0 atom stereocenters. The van der Waals surface area contributed by atoms with E-state index in [0.717, 1.165) is 0 Å². The fourth-order valence-electron chi connectivity index (χ4n) is 1.90. The van der Waals surface area contributed by atoms with Crippen molar-refractivity contribution in [2.45, 2.75) is 54.4 Å². The minimum atomic E-state index is -0.489. The van der Waals surface area contributed by atoms with Gasteiger partial charge in [-0.15, -0.1) is 0 Å². The summed E-state index contributed by atoms with van der Waals surface area (Å²) in [6.45, 7) is 11.7. The molecule has 5 nitrogen and oxygen atoms in total. The second-order valence-electron chi connectivity index (χ2n) is 7.78. The van der Waals surface area contributed by atoms with Crippen molar-refractivity contribution < 1.29 is 9.59 Å². The minimum Gasteiger partial charge on any atom is -0.399 e. The second kappa shape index (κ2) is 7.02. The predicted molar refractivity (Wildman–Crippen MR) is 96.3 cm³/mol. The summed E-state index contributed by atoms with van der Waals surface area (Å²) < 4.78 is 0. The number of hydrogen-bond acceptors (Lipinski definition) is 3. The van der Waals surface area contributed by atoms with Crippen molar-refractivity contribution in [1.82, 2.24) is 0 Å². The summed E-state index contributed by atoms with van der Waals surface area (Å²) in [5.74, 6) is -0.190. The van der Waals surface area contributed by atoms with Crippen LogP contribution >= 0.6 is 0 Å². The largest absolute Gasteiger partial charge is 0.399 e. The number of amides is 2. The molecular weight excluding hydrogens is 290 g/mol. The number of nitrogens with two attached hydrogens (primary N) is 1. The van der Waals surface area contributed by atoms with Crippen LogP contribution in [-0.2, 0) is 9.59 Å². The van der Waals surface area contributed by atoms with E-state index in [2.05, 4.69) is 10.6 Å². The van der Waals surface area contributed by atoms with Gasteiger partial charge in [0.2, 0.25) is 11.8 Å². The minimum absolute atomic E-state index is 0.0903. The molecule has 0 aliphatic carbocycles. The zero-order valence-electron chi connectivity index (χ0n) is 15.0. The van der Waals surface area contributed by atoms with Crippen LogP contribution in [0.15, 0.2) is 18.2 Å². The highest BCUT2D eigenvalue weighted by Crippen LogP contribution is 2.29. The first-order valence-corrected chi connectivity index (χ1v) is 7.95. The molecule has 4 N–H and O–H groups in total. The highest BCUT2D eigenvalue weighted by atomic mass is 16.2. The van der Waals surface area contributed by atoms with E-state index in [9.17, 15) is 9.59 Å². The summed E-state index contributed by atoms with van der Waals surface area (Å²) >= 11 is 0. The van der Waals surface area contributed by atoms with Gasteiger partial charge >= 0.3 is 0 Å². The Bertz CT molecular complexity index is 586. The van der Waals surface area contributed by atoms with Gasteiger partial charge in [0.15, 0.2) is 0 Å². The number of anilines is 3. The molecule has 2 amide bonds. The molecule has 1 aromatic carbocycles. The Morgan fingerprint density at radius 3 is 2.17 bits per heavy atom. The first-order valence-electron chi connectivity index (χ1n) is 7.95. The van der Waals surface area contributed by atoms with E-state index in [0.29, 0.717) is 29.9 Å². The van der Waals surface area contributed by atoms with Crippen LogP contribution in [0.3, 0.4) is 0 Å². The van der Waals surface area contributed by atoms with Crippen molar-refractivity contribution in [2.24, 2.45) is 10.8 Å². The van der Waals surface area contributed by atoms with Crippen molar-refractivity contribution >= 4 is 28.9 Å². The van der Waals surface area contributed by atoms with Gasteiger partial charge in [0, 0.05) is 17.5 Å². The average molecular weight is 319 g/mol. The van der Waals surface area contributed by atoms with E-state index < -0.39 is 5.41 Å². The highest BCUT2D eigenvalue weighted by molar-refractivity contribution is 6.01. The van der Waals surface area contributed by atoms with Crippen LogP contribution in [0.25, 0.3) is 0 Å². The van der Waals surface area contributed by atoms with Crippen LogP contribution < -0.4 is 16.4 Å². The zero-order chi connectivity index (χ0) is 17.8. The van der Waals surface area contributed by atoms with Crippen LogP contribution in [0.5, 0.6) is 0 Å². The molecule has 0 unspecified atom stereocenters. The van der Waals surface area contributed by atoms with Gasteiger partial charge in [0.1, 0.15) is 0 Å². The molecule has 0 aliphatic heterocycles. The molecule has 0 saturated carbocycles. The summed E-state index contributed by atoms with van der Waals surface area (Å²) in [5, 5.41) is 5.74. The first kappa shape index (κ1) is 19.0. The summed E-state index contributed by atoms with van der Waals surface area (Å²) in [5.41, 5.74) is 6.84. The maximum Gasteiger partial charge on any atom is 0.230 e. The number of nitrogen functional groups attached to an aromatic ring is 1. The lowest BCUT2D eigenvalue weighted by Gasteiger charge is -2.23. The van der Waals surface area contributed by atoms with E-state index in [1.54, 1.807) is 18.2 Å². The number of hydrogen-bond donors (Lipinski definition) is 3. The molecule has 128 valence electrons. The Morgan fingerprint density at radius 2 is 1.65 bits per heavy atom. The molecular formula is C18H29N3O2. The average Bonchev–Trinajstić information content (AvgIpc) is 2.39. The molecule has 0 fully saturated rings. The maximum absolute atomic E-state index is 12.4. The molecule has 0 bridgehead atoms. The molecule has 1 rings (SSSR count). The van der Waals surface area contributed by atoms with Gasteiger partial charge in [-0.3, -0.25) is 9.59 Å². The third-order valence-corrected chi connectivity index (χ3v) is 3.76. The van der Waals surface area contributed by atoms with Gasteiger partial charge in [-0.05, 0) is 30.0 Å². The number of carbonyl (C=O) groups excluding carboxylic acids is 2. The summed E-state index contributed by atoms with van der Waals surface area (Å²) in [6, 6.07) is 5.08. The zero-order valence-corrected chi connectivity index (χ0v) is 15.0. The summed E-state index contributed by atoms with van der Waals surface area (Å²) in [6.07, 6.45) is 1.11. The standard InChI is InChI=1S/C18H29N3O2/c1-7-18(5,6)16(23)21-14-10-12(19)8-9-13(14)20-15(22)11-17(2,3)4/h8-10H,7,11,19H2,1-6H3,(H,20,22)(H,21,23). The van der Waals surface area contributed by atoms with Crippen LogP contribution in [0.4, 0.5) is 17.1 Å². The van der Waals surface area contributed by atoms with Crippen LogP contribution in [-0.4, -0.2) is 11.8 Å². The second-order valence-corrected chi connectivity index (χ2v) is 7.78. The highest BCUT2D eigenvalue weighted by Gasteiger charge is 2.26. The molecule has 0 aliphatic rings. The molecule has 0 spiro atoms.